The fourth-order valence-corrected chi connectivity index (χ4v) is 4.27. The van der Waals surface area contributed by atoms with Crippen molar-refractivity contribution in [2.45, 2.75) is 24.3 Å². The Morgan fingerprint density at radius 3 is 2.56 bits per heavy atom. The number of carbonyl (C=O) groups is 2. The number of carbonyl (C=O) groups excluding carboxylic acids is 2. The lowest BCUT2D eigenvalue weighted by molar-refractivity contribution is -0.125. The van der Waals surface area contributed by atoms with E-state index >= 15 is 0 Å². The van der Waals surface area contributed by atoms with E-state index in [0.717, 1.165) is 16.3 Å². The third kappa shape index (κ3) is 2.42. The minimum absolute atomic E-state index is 0.198. The number of imide groups is 1. The number of hydrogen-bond donors (Lipinski definition) is 1. The first-order valence-electron chi connectivity index (χ1n) is 8.82. The van der Waals surface area contributed by atoms with Gasteiger partial charge in [0.25, 0.3) is 5.91 Å². The first-order valence-corrected chi connectivity index (χ1v) is 9.20. The molecule has 2 heterocycles. The van der Waals surface area contributed by atoms with Crippen LogP contribution in [0.15, 0.2) is 60.9 Å². The van der Waals surface area contributed by atoms with Gasteiger partial charge >= 0.3 is 6.03 Å². The highest BCUT2D eigenvalue weighted by Gasteiger charge is 2.59. The molecule has 27 heavy (non-hydrogen) atoms. The number of rotatable bonds is 2. The second kappa shape index (κ2) is 5.79. The van der Waals surface area contributed by atoms with Gasteiger partial charge in [-0.1, -0.05) is 48.0 Å². The summed E-state index contributed by atoms with van der Waals surface area (Å²) in [6.45, 7) is 0. The van der Waals surface area contributed by atoms with Crippen molar-refractivity contribution in [2.24, 2.45) is 0 Å². The number of hydrogen-bond acceptors (Lipinski definition) is 3. The molecule has 1 saturated heterocycles. The fourth-order valence-electron chi connectivity index (χ4n) is 4.15. The van der Waals surface area contributed by atoms with Crippen molar-refractivity contribution in [1.29, 1.82) is 0 Å². The van der Waals surface area contributed by atoms with Gasteiger partial charge in [0.05, 0.1) is 11.9 Å². The highest BCUT2D eigenvalue weighted by atomic mass is 35.5. The minimum atomic E-state index is -0.821. The van der Waals surface area contributed by atoms with Crippen LogP contribution in [0.2, 0.25) is 5.02 Å². The Labute approximate surface area is 161 Å². The van der Waals surface area contributed by atoms with Gasteiger partial charge in [-0.15, -0.1) is 0 Å². The maximum atomic E-state index is 13.2. The fraction of sp³-hybridized carbons (Fsp3) is 0.190. The first-order chi connectivity index (χ1) is 13.1. The Morgan fingerprint density at radius 1 is 1.04 bits per heavy atom. The average molecular weight is 378 g/mol. The summed E-state index contributed by atoms with van der Waals surface area (Å²) < 4.78 is 0. The summed E-state index contributed by atoms with van der Waals surface area (Å²) in [6.07, 6.45) is 4.49. The Hall–Kier alpha value is -2.92. The van der Waals surface area contributed by atoms with Crippen LogP contribution in [-0.4, -0.2) is 22.5 Å². The minimum Gasteiger partial charge on any atom is -0.323 e. The van der Waals surface area contributed by atoms with Gasteiger partial charge in [-0.05, 0) is 36.5 Å². The molecule has 0 unspecified atom stereocenters. The van der Waals surface area contributed by atoms with Gasteiger partial charge in [-0.2, -0.15) is 0 Å². The van der Waals surface area contributed by atoms with Crippen molar-refractivity contribution in [2.75, 3.05) is 4.90 Å². The quantitative estimate of drug-likeness (QED) is 0.679. The molecule has 1 aliphatic heterocycles. The molecule has 1 spiro atoms. The van der Waals surface area contributed by atoms with Crippen LogP contribution in [0.3, 0.4) is 0 Å². The number of urea groups is 1. The highest BCUT2D eigenvalue weighted by Crippen LogP contribution is 2.48. The smallest absolute Gasteiger partial charge is 0.323 e. The maximum Gasteiger partial charge on any atom is 0.329 e. The van der Waals surface area contributed by atoms with Crippen LogP contribution in [0.5, 0.6) is 0 Å². The summed E-state index contributed by atoms with van der Waals surface area (Å²) in [4.78, 5) is 31.3. The van der Waals surface area contributed by atoms with Crippen LogP contribution < -0.4 is 10.2 Å². The zero-order chi connectivity index (χ0) is 18.6. The number of anilines is 1. The van der Waals surface area contributed by atoms with Crippen molar-refractivity contribution in [3.8, 4) is 0 Å². The molecule has 3 amide bonds. The third-order valence-corrected chi connectivity index (χ3v) is 5.83. The Morgan fingerprint density at radius 2 is 1.78 bits per heavy atom. The number of amides is 3. The van der Waals surface area contributed by atoms with E-state index in [0.29, 0.717) is 23.6 Å². The van der Waals surface area contributed by atoms with Gasteiger partial charge in [0.1, 0.15) is 5.54 Å². The topological polar surface area (TPSA) is 62.3 Å². The zero-order valence-corrected chi connectivity index (χ0v) is 15.1. The Kier molecular flexibility index (Phi) is 3.49. The maximum absolute atomic E-state index is 13.2. The number of aromatic nitrogens is 1. The van der Waals surface area contributed by atoms with E-state index in [2.05, 4.69) is 10.3 Å². The van der Waals surface area contributed by atoms with Gasteiger partial charge in [-0.25, -0.2) is 9.69 Å². The van der Waals surface area contributed by atoms with E-state index in [4.69, 9.17) is 11.6 Å². The predicted octanol–water partition coefficient (Wildman–Crippen LogP) is 4.26. The lowest BCUT2D eigenvalue weighted by Crippen LogP contribution is -2.56. The molecule has 3 aromatic rings. The number of nitrogens with zero attached hydrogens (tertiary/aromatic N) is 2. The van der Waals surface area contributed by atoms with E-state index in [1.807, 2.05) is 48.5 Å². The van der Waals surface area contributed by atoms with Crippen LogP contribution >= 0.6 is 11.6 Å². The molecule has 0 bridgehead atoms. The molecule has 1 aliphatic carbocycles. The lowest BCUT2D eigenvalue weighted by atomic mass is 9.65. The van der Waals surface area contributed by atoms with Gasteiger partial charge in [0.15, 0.2) is 0 Å². The SMILES string of the molecule is O=C1NC2(CC(c3ccc(Cl)cc3)C2)C(=O)N1c1cncc2ccccc12. The van der Waals surface area contributed by atoms with E-state index in [1.54, 1.807) is 12.4 Å². The summed E-state index contributed by atoms with van der Waals surface area (Å²) in [7, 11) is 0. The van der Waals surface area contributed by atoms with Gasteiger partial charge in [0, 0.05) is 22.0 Å². The largest absolute Gasteiger partial charge is 0.329 e. The van der Waals surface area contributed by atoms with E-state index in [9.17, 15) is 9.59 Å². The van der Waals surface area contributed by atoms with Gasteiger partial charge in [0.2, 0.25) is 0 Å². The molecule has 0 radical (unpaired) electrons. The number of nitrogens with one attached hydrogen (secondary N) is 1. The van der Waals surface area contributed by atoms with Crippen LogP contribution in [0.1, 0.15) is 24.3 Å². The molecule has 1 N–H and O–H groups in total. The number of halogens is 1. The first kappa shape index (κ1) is 16.3. The summed E-state index contributed by atoms with van der Waals surface area (Å²) in [5.74, 6) is 0.0352. The molecule has 2 fully saturated rings. The van der Waals surface area contributed by atoms with Crippen molar-refractivity contribution in [1.82, 2.24) is 10.3 Å². The summed E-state index contributed by atoms with van der Waals surface area (Å²) in [5.41, 5.74) is 0.845. The third-order valence-electron chi connectivity index (χ3n) is 5.58. The van der Waals surface area contributed by atoms with E-state index < -0.39 is 5.54 Å². The average Bonchev–Trinajstić information content (AvgIpc) is 2.91. The summed E-state index contributed by atoms with van der Waals surface area (Å²) in [5, 5.41) is 5.34. The molecule has 1 saturated carbocycles. The Balaban J connectivity index is 1.45. The molecule has 1 aromatic heterocycles. The molecule has 134 valence electrons. The zero-order valence-electron chi connectivity index (χ0n) is 14.4. The molecule has 6 heteroatoms. The molecular weight excluding hydrogens is 362 g/mol. The standard InChI is InChI=1S/C21H16ClN3O2/c22-16-7-5-13(6-8-16)15-9-21(10-15)19(26)25(20(27)24-21)18-12-23-11-14-3-1-2-4-17(14)18/h1-8,11-12,15H,9-10H2,(H,24,27). The number of fused-ring (bicyclic) bond motifs is 1. The van der Waals surface area contributed by atoms with Crippen molar-refractivity contribution < 1.29 is 9.59 Å². The summed E-state index contributed by atoms with van der Waals surface area (Å²) >= 11 is 5.95. The predicted molar refractivity (Wildman–Crippen MR) is 104 cm³/mol. The summed E-state index contributed by atoms with van der Waals surface area (Å²) in [6, 6.07) is 14.9. The van der Waals surface area contributed by atoms with Gasteiger partial charge < -0.3 is 5.32 Å². The highest BCUT2D eigenvalue weighted by molar-refractivity contribution is 6.30. The molecule has 5 nitrogen and oxygen atoms in total. The number of benzene rings is 2. The monoisotopic (exact) mass is 377 g/mol. The Bertz CT molecular complexity index is 1070. The van der Waals surface area contributed by atoms with Crippen LogP contribution in [0, 0.1) is 0 Å². The van der Waals surface area contributed by atoms with Crippen LogP contribution in [0.25, 0.3) is 10.8 Å². The lowest BCUT2D eigenvalue weighted by Gasteiger charge is -2.42. The van der Waals surface area contributed by atoms with E-state index in [1.165, 1.54) is 4.90 Å². The normalized spacial score (nSPS) is 24.3. The van der Waals surface area contributed by atoms with Crippen LogP contribution in [-0.2, 0) is 4.79 Å². The van der Waals surface area contributed by atoms with Crippen molar-refractivity contribution >= 4 is 40.0 Å². The second-order valence-electron chi connectivity index (χ2n) is 7.19. The van der Waals surface area contributed by atoms with Gasteiger partial charge in [-0.3, -0.25) is 9.78 Å². The molecular formula is C21H16ClN3O2. The van der Waals surface area contributed by atoms with Crippen LogP contribution in [0.4, 0.5) is 10.5 Å². The number of pyridine rings is 1. The van der Waals surface area contributed by atoms with Crippen molar-refractivity contribution in [3.05, 3.63) is 71.5 Å². The molecule has 0 atom stereocenters. The molecule has 5 rings (SSSR count). The van der Waals surface area contributed by atoms with E-state index in [-0.39, 0.29) is 17.9 Å². The second-order valence-corrected chi connectivity index (χ2v) is 7.63. The molecule has 2 aliphatic rings. The van der Waals surface area contributed by atoms with Crippen molar-refractivity contribution in [3.63, 3.8) is 0 Å². The molecule has 2 aromatic carbocycles.